The minimum Gasteiger partial charge on any atom is -0.342 e. The van der Waals surface area contributed by atoms with E-state index in [2.05, 4.69) is 9.97 Å². The standard InChI is InChI=1S/C16H22FN3/c1-12-7-8-13(10-14(12)17)15-11-19-16(20-15)6-4-2-3-5-9-18/h7-8,10-11H,2-6,9,18H2,1H3,(H,19,20). The third-order valence-electron chi connectivity index (χ3n) is 3.48. The van der Waals surface area contributed by atoms with E-state index in [0.29, 0.717) is 5.56 Å². The molecule has 2 aromatic rings. The zero-order chi connectivity index (χ0) is 14.4. The van der Waals surface area contributed by atoms with Crippen molar-refractivity contribution in [3.63, 3.8) is 0 Å². The number of unbranched alkanes of at least 4 members (excludes halogenated alkanes) is 3. The normalized spacial score (nSPS) is 10.9. The van der Waals surface area contributed by atoms with E-state index in [1.165, 1.54) is 12.8 Å². The molecule has 1 aromatic carbocycles. The minimum absolute atomic E-state index is 0.180. The third kappa shape index (κ3) is 3.90. The molecule has 0 aliphatic carbocycles. The summed E-state index contributed by atoms with van der Waals surface area (Å²) >= 11 is 0. The molecule has 1 heterocycles. The van der Waals surface area contributed by atoms with Crippen LogP contribution in [0.4, 0.5) is 4.39 Å². The number of nitrogens with two attached hydrogens (primary N) is 1. The number of imidazole rings is 1. The average Bonchev–Trinajstić information content (AvgIpc) is 2.90. The summed E-state index contributed by atoms with van der Waals surface area (Å²) in [5.74, 6) is 0.786. The Balaban J connectivity index is 1.93. The van der Waals surface area contributed by atoms with E-state index in [9.17, 15) is 4.39 Å². The number of nitrogens with one attached hydrogen (secondary N) is 1. The van der Waals surface area contributed by atoms with Crippen LogP contribution in [0.3, 0.4) is 0 Å². The van der Waals surface area contributed by atoms with Crippen molar-refractivity contribution >= 4 is 0 Å². The Morgan fingerprint density at radius 2 is 2.00 bits per heavy atom. The van der Waals surface area contributed by atoms with Crippen LogP contribution in [0.5, 0.6) is 0 Å². The second-order valence-electron chi connectivity index (χ2n) is 5.16. The van der Waals surface area contributed by atoms with Crippen molar-refractivity contribution in [2.75, 3.05) is 6.54 Å². The van der Waals surface area contributed by atoms with Gasteiger partial charge < -0.3 is 10.7 Å². The van der Waals surface area contributed by atoms with Gasteiger partial charge in [-0.05, 0) is 37.9 Å². The zero-order valence-electron chi connectivity index (χ0n) is 12.0. The fraction of sp³-hybridized carbons (Fsp3) is 0.438. The van der Waals surface area contributed by atoms with Crippen LogP contribution in [-0.2, 0) is 6.42 Å². The molecule has 0 radical (unpaired) electrons. The number of H-pyrrole nitrogens is 1. The number of nitrogens with zero attached hydrogens (tertiary/aromatic N) is 1. The minimum atomic E-state index is -0.180. The van der Waals surface area contributed by atoms with Crippen LogP contribution in [-0.4, -0.2) is 16.5 Å². The fourth-order valence-corrected chi connectivity index (χ4v) is 2.19. The number of aromatic amines is 1. The number of aromatic nitrogens is 2. The van der Waals surface area contributed by atoms with Crippen molar-refractivity contribution in [1.29, 1.82) is 0 Å². The molecule has 108 valence electrons. The maximum atomic E-state index is 13.5. The molecule has 3 nitrogen and oxygen atoms in total. The summed E-state index contributed by atoms with van der Waals surface area (Å²) in [7, 11) is 0. The summed E-state index contributed by atoms with van der Waals surface area (Å²) in [4.78, 5) is 7.62. The second-order valence-corrected chi connectivity index (χ2v) is 5.16. The highest BCUT2D eigenvalue weighted by atomic mass is 19.1. The highest BCUT2D eigenvalue weighted by molar-refractivity contribution is 5.59. The monoisotopic (exact) mass is 275 g/mol. The zero-order valence-corrected chi connectivity index (χ0v) is 12.0. The van der Waals surface area contributed by atoms with Gasteiger partial charge in [-0.1, -0.05) is 25.0 Å². The quantitative estimate of drug-likeness (QED) is 0.759. The fourth-order valence-electron chi connectivity index (χ4n) is 2.19. The largest absolute Gasteiger partial charge is 0.342 e. The first kappa shape index (κ1) is 14.7. The Morgan fingerprint density at radius 1 is 1.20 bits per heavy atom. The molecule has 0 unspecified atom stereocenters. The Labute approximate surface area is 119 Å². The summed E-state index contributed by atoms with van der Waals surface area (Å²) < 4.78 is 13.5. The van der Waals surface area contributed by atoms with Gasteiger partial charge in [0.25, 0.3) is 0 Å². The van der Waals surface area contributed by atoms with E-state index in [0.717, 1.165) is 42.9 Å². The average molecular weight is 275 g/mol. The van der Waals surface area contributed by atoms with Crippen LogP contribution in [0.2, 0.25) is 0 Å². The Hall–Kier alpha value is -1.68. The number of benzene rings is 1. The number of hydrogen-bond acceptors (Lipinski definition) is 2. The summed E-state index contributed by atoms with van der Waals surface area (Å²) in [5.41, 5.74) is 7.84. The smallest absolute Gasteiger partial charge is 0.126 e. The van der Waals surface area contributed by atoms with E-state index >= 15 is 0 Å². The number of hydrogen-bond donors (Lipinski definition) is 2. The van der Waals surface area contributed by atoms with Gasteiger partial charge >= 0.3 is 0 Å². The highest BCUT2D eigenvalue weighted by Gasteiger charge is 2.05. The maximum absolute atomic E-state index is 13.5. The Kier molecular flexibility index (Phi) is 5.30. The summed E-state index contributed by atoms with van der Waals surface area (Å²) in [6, 6.07) is 5.25. The first-order valence-electron chi connectivity index (χ1n) is 7.21. The van der Waals surface area contributed by atoms with Crippen LogP contribution in [0, 0.1) is 12.7 Å². The molecule has 4 heteroatoms. The molecule has 2 rings (SSSR count). The van der Waals surface area contributed by atoms with Gasteiger partial charge in [-0.25, -0.2) is 9.37 Å². The summed E-state index contributed by atoms with van der Waals surface area (Å²) in [5, 5.41) is 0. The predicted octanol–water partition coefficient (Wildman–Crippen LogP) is 3.59. The number of aryl methyl sites for hydroxylation is 2. The van der Waals surface area contributed by atoms with Crippen LogP contribution in [0.15, 0.2) is 24.4 Å². The lowest BCUT2D eigenvalue weighted by Gasteiger charge is -2.01. The molecule has 3 N–H and O–H groups in total. The van der Waals surface area contributed by atoms with Crippen molar-refractivity contribution in [3.05, 3.63) is 41.6 Å². The molecule has 0 spiro atoms. The molecule has 0 bridgehead atoms. The second kappa shape index (κ2) is 7.20. The predicted molar refractivity (Wildman–Crippen MR) is 79.9 cm³/mol. The third-order valence-corrected chi connectivity index (χ3v) is 3.48. The van der Waals surface area contributed by atoms with Crippen molar-refractivity contribution in [2.24, 2.45) is 5.73 Å². The van der Waals surface area contributed by atoms with Gasteiger partial charge in [-0.15, -0.1) is 0 Å². The van der Waals surface area contributed by atoms with Gasteiger partial charge in [0.2, 0.25) is 0 Å². The SMILES string of the molecule is Cc1ccc(-c2cnc(CCCCCCN)[nH]2)cc1F. The van der Waals surface area contributed by atoms with Gasteiger partial charge in [0.05, 0.1) is 11.9 Å². The number of halogens is 1. The maximum Gasteiger partial charge on any atom is 0.126 e. The Bertz CT molecular complexity index is 548. The Morgan fingerprint density at radius 3 is 2.75 bits per heavy atom. The van der Waals surface area contributed by atoms with Gasteiger partial charge in [-0.2, -0.15) is 0 Å². The van der Waals surface area contributed by atoms with E-state index in [-0.39, 0.29) is 5.82 Å². The molecule has 0 saturated carbocycles. The van der Waals surface area contributed by atoms with Crippen LogP contribution >= 0.6 is 0 Å². The van der Waals surface area contributed by atoms with E-state index in [1.807, 2.05) is 6.07 Å². The molecule has 0 saturated heterocycles. The van der Waals surface area contributed by atoms with Crippen molar-refractivity contribution in [2.45, 2.75) is 39.0 Å². The molecule has 0 amide bonds. The summed E-state index contributed by atoms with van der Waals surface area (Å²) in [6.45, 7) is 2.53. The van der Waals surface area contributed by atoms with Gasteiger partial charge in [0.15, 0.2) is 0 Å². The molecular formula is C16H22FN3. The van der Waals surface area contributed by atoms with Gasteiger partial charge in [0, 0.05) is 12.0 Å². The molecule has 0 aliphatic heterocycles. The van der Waals surface area contributed by atoms with E-state index < -0.39 is 0 Å². The molecule has 0 aliphatic rings. The van der Waals surface area contributed by atoms with Gasteiger partial charge in [-0.3, -0.25) is 0 Å². The summed E-state index contributed by atoms with van der Waals surface area (Å²) in [6.07, 6.45) is 7.25. The molecular weight excluding hydrogens is 253 g/mol. The lowest BCUT2D eigenvalue weighted by atomic mass is 10.1. The lowest BCUT2D eigenvalue weighted by molar-refractivity contribution is 0.619. The highest BCUT2D eigenvalue weighted by Crippen LogP contribution is 2.20. The van der Waals surface area contributed by atoms with E-state index in [1.54, 1.807) is 25.3 Å². The van der Waals surface area contributed by atoms with Crippen LogP contribution in [0.25, 0.3) is 11.3 Å². The topological polar surface area (TPSA) is 54.7 Å². The molecule has 20 heavy (non-hydrogen) atoms. The van der Waals surface area contributed by atoms with Crippen molar-refractivity contribution in [3.8, 4) is 11.3 Å². The molecule has 1 aromatic heterocycles. The first-order chi connectivity index (χ1) is 9.70. The molecule has 0 fully saturated rings. The lowest BCUT2D eigenvalue weighted by Crippen LogP contribution is -1.98. The number of rotatable bonds is 7. The van der Waals surface area contributed by atoms with Crippen molar-refractivity contribution < 1.29 is 4.39 Å². The first-order valence-corrected chi connectivity index (χ1v) is 7.21. The molecule has 0 atom stereocenters. The van der Waals surface area contributed by atoms with Crippen molar-refractivity contribution in [1.82, 2.24) is 9.97 Å². The van der Waals surface area contributed by atoms with Crippen LogP contribution in [0.1, 0.15) is 37.1 Å². The van der Waals surface area contributed by atoms with E-state index in [4.69, 9.17) is 5.73 Å². The van der Waals surface area contributed by atoms with Gasteiger partial charge in [0.1, 0.15) is 11.6 Å². The van der Waals surface area contributed by atoms with Crippen LogP contribution < -0.4 is 5.73 Å².